The normalized spacial score (nSPS) is 13.9. The average molecular weight is 311 g/mol. The Morgan fingerprint density at radius 1 is 1.35 bits per heavy atom. The Bertz CT molecular complexity index is 627. The molecule has 6 heteroatoms. The van der Waals surface area contributed by atoms with Crippen LogP contribution in [0.25, 0.3) is 0 Å². The van der Waals surface area contributed by atoms with E-state index in [0.29, 0.717) is 5.13 Å². The summed E-state index contributed by atoms with van der Waals surface area (Å²) in [6, 6.07) is 4.18. The van der Waals surface area contributed by atoms with E-state index in [9.17, 15) is 9.18 Å². The first kappa shape index (κ1) is 13.5. The third-order valence-electron chi connectivity index (χ3n) is 3.26. The molecule has 2 aromatic rings. The minimum absolute atomic E-state index is 0.101. The first-order valence-corrected chi connectivity index (χ1v) is 7.58. The van der Waals surface area contributed by atoms with Gasteiger partial charge in [0.05, 0.1) is 16.3 Å². The van der Waals surface area contributed by atoms with Gasteiger partial charge in [-0.3, -0.25) is 10.1 Å². The van der Waals surface area contributed by atoms with Crippen LogP contribution in [0, 0.1) is 5.82 Å². The van der Waals surface area contributed by atoms with Crippen molar-refractivity contribution in [2.45, 2.75) is 25.7 Å². The Kier molecular flexibility index (Phi) is 3.72. The van der Waals surface area contributed by atoms with Crippen LogP contribution in [0.4, 0.5) is 9.52 Å². The lowest BCUT2D eigenvalue weighted by molar-refractivity contribution is 0.102. The van der Waals surface area contributed by atoms with Crippen LogP contribution in [0.15, 0.2) is 18.2 Å². The largest absolute Gasteiger partial charge is 0.298 e. The topological polar surface area (TPSA) is 42.0 Å². The van der Waals surface area contributed by atoms with Gasteiger partial charge in [0.2, 0.25) is 0 Å². The van der Waals surface area contributed by atoms with Gasteiger partial charge >= 0.3 is 0 Å². The predicted molar refractivity (Wildman–Crippen MR) is 78.1 cm³/mol. The number of hydrogen-bond donors (Lipinski definition) is 1. The van der Waals surface area contributed by atoms with Crippen molar-refractivity contribution < 1.29 is 9.18 Å². The molecule has 0 spiro atoms. The summed E-state index contributed by atoms with van der Waals surface area (Å²) in [7, 11) is 0. The van der Waals surface area contributed by atoms with Crippen LogP contribution in [0.5, 0.6) is 0 Å². The third-order valence-corrected chi connectivity index (χ3v) is 4.64. The number of hydrogen-bond acceptors (Lipinski definition) is 3. The molecule has 104 valence electrons. The zero-order valence-corrected chi connectivity index (χ0v) is 12.2. The van der Waals surface area contributed by atoms with Crippen LogP contribution in [0.3, 0.4) is 0 Å². The van der Waals surface area contributed by atoms with Crippen molar-refractivity contribution in [2.75, 3.05) is 5.32 Å². The van der Waals surface area contributed by atoms with E-state index in [1.165, 1.54) is 34.4 Å². The van der Waals surface area contributed by atoms with E-state index in [-0.39, 0.29) is 10.6 Å². The van der Waals surface area contributed by atoms with Crippen molar-refractivity contribution in [3.63, 3.8) is 0 Å². The second-order valence-corrected chi connectivity index (χ2v) is 6.14. The van der Waals surface area contributed by atoms with Gasteiger partial charge in [0, 0.05) is 4.88 Å². The maximum atomic E-state index is 13.7. The minimum atomic E-state index is -0.628. The number of carbonyl (C=O) groups excluding carboxylic acids is 1. The molecule has 0 radical (unpaired) electrons. The number of thiazole rings is 1. The van der Waals surface area contributed by atoms with Crippen molar-refractivity contribution in [3.05, 3.63) is 45.2 Å². The first-order valence-electron chi connectivity index (χ1n) is 6.39. The SMILES string of the molecule is O=C(Nc1nc2c(s1)CCCC2)c1c(F)cccc1Cl. The number of nitrogens with zero attached hydrogens (tertiary/aromatic N) is 1. The molecule has 0 saturated carbocycles. The number of anilines is 1. The van der Waals surface area contributed by atoms with Gasteiger partial charge in [0.1, 0.15) is 5.82 Å². The number of fused-ring (bicyclic) bond motifs is 1. The molecule has 0 bridgehead atoms. The number of benzene rings is 1. The van der Waals surface area contributed by atoms with E-state index in [4.69, 9.17) is 11.6 Å². The second kappa shape index (κ2) is 5.50. The number of rotatable bonds is 2. The number of amides is 1. The summed E-state index contributed by atoms with van der Waals surface area (Å²) in [6.45, 7) is 0. The predicted octanol–water partition coefficient (Wildman–Crippen LogP) is 4.07. The molecule has 0 atom stereocenters. The smallest absolute Gasteiger partial charge is 0.261 e. The van der Waals surface area contributed by atoms with Gasteiger partial charge in [-0.05, 0) is 37.8 Å². The molecule has 1 amide bonds. The van der Waals surface area contributed by atoms with E-state index in [1.807, 2.05) is 0 Å². The van der Waals surface area contributed by atoms with Gasteiger partial charge in [-0.1, -0.05) is 17.7 Å². The lowest BCUT2D eigenvalue weighted by Crippen LogP contribution is -2.14. The quantitative estimate of drug-likeness (QED) is 0.908. The maximum absolute atomic E-state index is 13.7. The van der Waals surface area contributed by atoms with E-state index in [1.54, 1.807) is 0 Å². The van der Waals surface area contributed by atoms with E-state index >= 15 is 0 Å². The summed E-state index contributed by atoms with van der Waals surface area (Å²) in [4.78, 5) is 17.7. The van der Waals surface area contributed by atoms with Gasteiger partial charge < -0.3 is 0 Å². The highest BCUT2D eigenvalue weighted by Crippen LogP contribution is 2.30. The van der Waals surface area contributed by atoms with Crippen LogP contribution in [-0.2, 0) is 12.8 Å². The van der Waals surface area contributed by atoms with Crippen molar-refractivity contribution in [1.29, 1.82) is 0 Å². The molecular weight excluding hydrogens is 299 g/mol. The molecule has 0 unspecified atom stereocenters. The second-order valence-electron chi connectivity index (χ2n) is 4.65. The van der Waals surface area contributed by atoms with Gasteiger partial charge in [0.15, 0.2) is 5.13 Å². The first-order chi connectivity index (χ1) is 9.65. The monoisotopic (exact) mass is 310 g/mol. The fourth-order valence-electron chi connectivity index (χ4n) is 2.28. The minimum Gasteiger partial charge on any atom is -0.298 e. The van der Waals surface area contributed by atoms with Gasteiger partial charge in [-0.2, -0.15) is 0 Å². The summed E-state index contributed by atoms with van der Waals surface area (Å²) < 4.78 is 13.7. The Morgan fingerprint density at radius 2 is 2.15 bits per heavy atom. The fraction of sp³-hybridized carbons (Fsp3) is 0.286. The van der Waals surface area contributed by atoms with Gasteiger partial charge in [-0.15, -0.1) is 11.3 Å². The van der Waals surface area contributed by atoms with Crippen molar-refractivity contribution in [1.82, 2.24) is 4.98 Å². The molecule has 1 aromatic carbocycles. The Morgan fingerprint density at radius 3 is 2.90 bits per heavy atom. The molecule has 1 aliphatic carbocycles. The highest BCUT2D eigenvalue weighted by Gasteiger charge is 2.19. The van der Waals surface area contributed by atoms with Crippen LogP contribution >= 0.6 is 22.9 Å². The van der Waals surface area contributed by atoms with Crippen LogP contribution in [0.1, 0.15) is 33.8 Å². The summed E-state index contributed by atoms with van der Waals surface area (Å²) in [5.74, 6) is -1.18. The molecule has 1 heterocycles. The number of halogens is 2. The van der Waals surface area contributed by atoms with Gasteiger partial charge in [0.25, 0.3) is 5.91 Å². The van der Waals surface area contributed by atoms with E-state index in [2.05, 4.69) is 10.3 Å². The molecule has 1 aromatic heterocycles. The Hall–Kier alpha value is -1.46. The van der Waals surface area contributed by atoms with E-state index < -0.39 is 11.7 Å². The van der Waals surface area contributed by atoms with Crippen LogP contribution in [-0.4, -0.2) is 10.9 Å². The molecular formula is C14H12ClFN2OS. The summed E-state index contributed by atoms with van der Waals surface area (Å²) in [6.07, 6.45) is 4.23. The molecule has 1 aliphatic rings. The van der Waals surface area contributed by atoms with E-state index in [0.717, 1.165) is 31.4 Å². The molecule has 0 fully saturated rings. The lowest BCUT2D eigenvalue weighted by atomic mass is 10.0. The fourth-order valence-corrected chi connectivity index (χ4v) is 3.57. The number of aryl methyl sites for hydroxylation is 2. The lowest BCUT2D eigenvalue weighted by Gasteiger charge is -2.06. The number of nitrogens with one attached hydrogen (secondary N) is 1. The highest BCUT2D eigenvalue weighted by molar-refractivity contribution is 7.15. The molecule has 3 rings (SSSR count). The summed E-state index contributed by atoms with van der Waals surface area (Å²) in [5, 5.41) is 3.26. The molecule has 0 aliphatic heterocycles. The Balaban J connectivity index is 1.84. The van der Waals surface area contributed by atoms with Crippen LogP contribution < -0.4 is 5.32 Å². The highest BCUT2D eigenvalue weighted by atomic mass is 35.5. The standard InChI is InChI=1S/C14H12ClFN2OS/c15-8-4-3-5-9(16)12(8)13(19)18-14-17-10-6-1-2-7-11(10)20-14/h3-5H,1-2,6-7H2,(H,17,18,19). The Labute approximate surface area is 124 Å². The zero-order chi connectivity index (χ0) is 14.1. The maximum Gasteiger partial charge on any atom is 0.261 e. The summed E-state index contributed by atoms with van der Waals surface area (Å²) in [5.41, 5.74) is 0.915. The van der Waals surface area contributed by atoms with Crippen molar-refractivity contribution >= 4 is 34.0 Å². The average Bonchev–Trinajstić information content (AvgIpc) is 2.80. The van der Waals surface area contributed by atoms with Gasteiger partial charge in [-0.25, -0.2) is 9.37 Å². The number of aromatic nitrogens is 1. The van der Waals surface area contributed by atoms with Crippen molar-refractivity contribution in [3.8, 4) is 0 Å². The van der Waals surface area contributed by atoms with Crippen molar-refractivity contribution in [2.24, 2.45) is 0 Å². The molecule has 20 heavy (non-hydrogen) atoms. The summed E-state index contributed by atoms with van der Waals surface area (Å²) >= 11 is 7.34. The third kappa shape index (κ3) is 2.55. The zero-order valence-electron chi connectivity index (χ0n) is 10.6. The van der Waals surface area contributed by atoms with Crippen LogP contribution in [0.2, 0.25) is 5.02 Å². The molecule has 1 N–H and O–H groups in total. The molecule has 0 saturated heterocycles. The number of carbonyl (C=O) groups is 1. The molecule has 3 nitrogen and oxygen atoms in total.